The lowest BCUT2D eigenvalue weighted by Gasteiger charge is -2.32. The second-order valence-corrected chi connectivity index (χ2v) is 6.97. The summed E-state index contributed by atoms with van der Waals surface area (Å²) in [4.78, 5) is 0. The quantitative estimate of drug-likeness (QED) is 0.838. The predicted molar refractivity (Wildman–Crippen MR) is 81.2 cm³/mol. The molecule has 0 bridgehead atoms. The Morgan fingerprint density at radius 1 is 1.00 bits per heavy atom. The average Bonchev–Trinajstić information content (AvgIpc) is 3.20. The molecule has 3 rings (SSSR count). The summed E-state index contributed by atoms with van der Waals surface area (Å²) in [5, 5.41) is 3.82. The van der Waals surface area contributed by atoms with Crippen LogP contribution in [0.3, 0.4) is 0 Å². The summed E-state index contributed by atoms with van der Waals surface area (Å²) in [5.41, 5.74) is 3.14. The van der Waals surface area contributed by atoms with Gasteiger partial charge in [0.25, 0.3) is 0 Å². The Labute approximate surface area is 117 Å². The van der Waals surface area contributed by atoms with Crippen LogP contribution in [0.4, 0.5) is 0 Å². The van der Waals surface area contributed by atoms with Crippen molar-refractivity contribution in [2.45, 2.75) is 64.5 Å². The van der Waals surface area contributed by atoms with Crippen LogP contribution in [0, 0.1) is 11.8 Å². The molecule has 2 aliphatic carbocycles. The first-order chi connectivity index (χ1) is 9.22. The summed E-state index contributed by atoms with van der Waals surface area (Å²) in [5.74, 6) is 2.64. The molecule has 1 N–H and O–H groups in total. The standard InChI is InChI=1S/C18H27N/c1-13-9-14(2)11-17(10-13)19-12-16-5-3-4-6-18(16)15-7-8-15/h3-6,13-15,17,19H,7-12H2,1-2H3. The van der Waals surface area contributed by atoms with Crippen LogP contribution in [-0.4, -0.2) is 6.04 Å². The van der Waals surface area contributed by atoms with Gasteiger partial charge in [-0.05, 0) is 61.0 Å². The summed E-state index contributed by atoms with van der Waals surface area (Å²) < 4.78 is 0. The number of hydrogen-bond donors (Lipinski definition) is 1. The third kappa shape index (κ3) is 3.39. The van der Waals surface area contributed by atoms with Gasteiger partial charge >= 0.3 is 0 Å². The third-order valence-electron chi connectivity index (χ3n) is 4.83. The highest BCUT2D eigenvalue weighted by Gasteiger charge is 2.26. The van der Waals surface area contributed by atoms with Crippen LogP contribution in [0.1, 0.15) is 63.0 Å². The van der Waals surface area contributed by atoms with Crippen LogP contribution in [-0.2, 0) is 6.54 Å². The zero-order valence-electron chi connectivity index (χ0n) is 12.4. The van der Waals surface area contributed by atoms with Gasteiger partial charge in [-0.3, -0.25) is 0 Å². The summed E-state index contributed by atoms with van der Waals surface area (Å²) in [7, 11) is 0. The number of hydrogen-bond acceptors (Lipinski definition) is 1. The van der Waals surface area contributed by atoms with Gasteiger partial charge < -0.3 is 5.32 Å². The molecule has 0 radical (unpaired) electrons. The molecule has 104 valence electrons. The zero-order valence-corrected chi connectivity index (χ0v) is 12.4. The van der Waals surface area contributed by atoms with Crippen LogP contribution in [0.5, 0.6) is 0 Å². The molecule has 1 nitrogen and oxygen atoms in total. The van der Waals surface area contributed by atoms with Gasteiger partial charge in [-0.25, -0.2) is 0 Å². The van der Waals surface area contributed by atoms with E-state index in [0.29, 0.717) is 0 Å². The van der Waals surface area contributed by atoms with Crippen molar-refractivity contribution in [3.8, 4) is 0 Å². The summed E-state index contributed by atoms with van der Waals surface area (Å²) >= 11 is 0. The van der Waals surface area contributed by atoms with Gasteiger partial charge in [-0.2, -0.15) is 0 Å². The van der Waals surface area contributed by atoms with Crippen LogP contribution in [0.25, 0.3) is 0 Å². The molecule has 19 heavy (non-hydrogen) atoms. The van der Waals surface area contributed by atoms with Crippen molar-refractivity contribution < 1.29 is 0 Å². The van der Waals surface area contributed by atoms with E-state index < -0.39 is 0 Å². The third-order valence-corrected chi connectivity index (χ3v) is 4.83. The fourth-order valence-electron chi connectivity index (χ4n) is 3.86. The average molecular weight is 257 g/mol. The SMILES string of the molecule is CC1CC(C)CC(NCc2ccccc2C2CC2)C1. The number of benzene rings is 1. The molecule has 2 saturated carbocycles. The summed E-state index contributed by atoms with van der Waals surface area (Å²) in [6.07, 6.45) is 6.92. The Bertz CT molecular complexity index is 411. The van der Waals surface area contributed by atoms with Gasteiger partial charge in [0.1, 0.15) is 0 Å². The Kier molecular flexibility index (Phi) is 3.93. The van der Waals surface area contributed by atoms with Crippen LogP contribution >= 0.6 is 0 Å². The lowest BCUT2D eigenvalue weighted by molar-refractivity contribution is 0.238. The smallest absolute Gasteiger partial charge is 0.0210 e. The largest absolute Gasteiger partial charge is 0.310 e. The molecule has 2 unspecified atom stereocenters. The van der Waals surface area contributed by atoms with E-state index in [1.807, 2.05) is 0 Å². The summed E-state index contributed by atoms with van der Waals surface area (Å²) in [6.45, 7) is 5.88. The molecule has 0 saturated heterocycles. The topological polar surface area (TPSA) is 12.0 Å². The number of nitrogens with one attached hydrogen (secondary N) is 1. The number of rotatable bonds is 4. The van der Waals surface area contributed by atoms with Gasteiger partial charge in [0.2, 0.25) is 0 Å². The van der Waals surface area contributed by atoms with Crippen molar-refractivity contribution in [2.24, 2.45) is 11.8 Å². The van der Waals surface area contributed by atoms with Crippen LogP contribution in [0.2, 0.25) is 0 Å². The van der Waals surface area contributed by atoms with Crippen LogP contribution in [0.15, 0.2) is 24.3 Å². The van der Waals surface area contributed by atoms with Crippen molar-refractivity contribution >= 4 is 0 Å². The first kappa shape index (κ1) is 13.2. The Hall–Kier alpha value is -0.820. The Balaban J connectivity index is 1.60. The van der Waals surface area contributed by atoms with E-state index >= 15 is 0 Å². The van der Waals surface area contributed by atoms with E-state index in [2.05, 4.69) is 43.4 Å². The Morgan fingerprint density at radius 3 is 2.37 bits per heavy atom. The van der Waals surface area contributed by atoms with Crippen molar-refractivity contribution in [1.29, 1.82) is 0 Å². The van der Waals surface area contributed by atoms with Crippen LogP contribution < -0.4 is 5.32 Å². The molecule has 2 aliphatic rings. The highest BCUT2D eigenvalue weighted by Crippen LogP contribution is 2.41. The normalized spacial score (nSPS) is 31.4. The molecular formula is C18H27N. The van der Waals surface area contributed by atoms with Gasteiger partial charge in [0.15, 0.2) is 0 Å². The Morgan fingerprint density at radius 2 is 1.68 bits per heavy atom. The minimum atomic E-state index is 0.728. The minimum Gasteiger partial charge on any atom is -0.310 e. The van der Waals surface area contributed by atoms with E-state index in [9.17, 15) is 0 Å². The van der Waals surface area contributed by atoms with Crippen molar-refractivity contribution in [3.63, 3.8) is 0 Å². The lowest BCUT2D eigenvalue weighted by atomic mass is 9.80. The molecule has 0 amide bonds. The maximum Gasteiger partial charge on any atom is 0.0210 e. The zero-order chi connectivity index (χ0) is 13.2. The molecule has 1 aromatic rings. The lowest BCUT2D eigenvalue weighted by Crippen LogP contribution is -2.36. The molecule has 1 heteroatoms. The highest BCUT2D eigenvalue weighted by atomic mass is 14.9. The molecule has 1 aromatic carbocycles. The fourth-order valence-corrected chi connectivity index (χ4v) is 3.86. The molecular weight excluding hydrogens is 230 g/mol. The maximum atomic E-state index is 3.82. The monoisotopic (exact) mass is 257 g/mol. The second-order valence-electron chi connectivity index (χ2n) is 6.97. The fraction of sp³-hybridized carbons (Fsp3) is 0.667. The second kappa shape index (κ2) is 5.66. The van der Waals surface area contributed by atoms with Crippen molar-refractivity contribution in [1.82, 2.24) is 5.32 Å². The highest BCUT2D eigenvalue weighted by molar-refractivity contribution is 5.33. The van der Waals surface area contributed by atoms with E-state index in [-0.39, 0.29) is 0 Å². The predicted octanol–water partition coefficient (Wildman–Crippen LogP) is 4.48. The molecule has 2 fully saturated rings. The van der Waals surface area contributed by atoms with E-state index in [1.165, 1.54) is 37.7 Å². The van der Waals surface area contributed by atoms with Gasteiger partial charge in [0, 0.05) is 12.6 Å². The minimum absolute atomic E-state index is 0.728. The maximum absolute atomic E-state index is 3.82. The molecule has 0 aliphatic heterocycles. The summed E-state index contributed by atoms with van der Waals surface area (Å²) in [6, 6.07) is 9.76. The van der Waals surface area contributed by atoms with Gasteiger partial charge in [-0.1, -0.05) is 38.1 Å². The molecule has 0 aromatic heterocycles. The molecule has 0 spiro atoms. The molecule has 0 heterocycles. The first-order valence-electron chi connectivity index (χ1n) is 8.03. The van der Waals surface area contributed by atoms with E-state index in [1.54, 1.807) is 5.56 Å². The van der Waals surface area contributed by atoms with Gasteiger partial charge in [0.05, 0.1) is 0 Å². The van der Waals surface area contributed by atoms with Gasteiger partial charge in [-0.15, -0.1) is 0 Å². The van der Waals surface area contributed by atoms with E-state index in [0.717, 1.165) is 30.3 Å². The van der Waals surface area contributed by atoms with Crippen molar-refractivity contribution in [2.75, 3.05) is 0 Å². The van der Waals surface area contributed by atoms with Crippen molar-refractivity contribution in [3.05, 3.63) is 35.4 Å². The van der Waals surface area contributed by atoms with E-state index in [4.69, 9.17) is 0 Å². The first-order valence-corrected chi connectivity index (χ1v) is 8.03. The molecule has 2 atom stereocenters.